The van der Waals surface area contributed by atoms with Crippen molar-refractivity contribution in [2.45, 2.75) is 69.1 Å². The molecule has 3 heteroatoms. The monoisotopic (exact) mass is 350 g/mol. The normalized spacial score (nSPS) is 22.3. The molecule has 0 saturated heterocycles. The molecule has 1 aromatic rings. The number of hydrogen-bond acceptors (Lipinski definition) is 1. The van der Waals surface area contributed by atoms with Gasteiger partial charge in [-0.1, -0.05) is 60.2 Å². The molecule has 114 valence electrons. The van der Waals surface area contributed by atoms with E-state index in [1.807, 2.05) is 0 Å². The number of halogens is 1. The minimum atomic E-state index is -0.655. The molecule has 0 radical (unpaired) electrons. The molecule has 0 bridgehead atoms. The van der Waals surface area contributed by atoms with Gasteiger partial charge < -0.3 is 5.11 Å². The Morgan fingerprint density at radius 1 is 1.10 bits per heavy atom. The number of carboxylic acid groups (broad SMARTS) is 1. The first-order chi connectivity index (χ1) is 10.1. The van der Waals surface area contributed by atoms with E-state index >= 15 is 0 Å². The lowest BCUT2D eigenvalue weighted by Crippen LogP contribution is -2.32. The molecule has 0 atom stereocenters. The molecule has 2 saturated carbocycles. The topological polar surface area (TPSA) is 37.3 Å². The predicted octanol–water partition coefficient (Wildman–Crippen LogP) is 5.39. The van der Waals surface area contributed by atoms with Gasteiger partial charge in [0, 0.05) is 4.47 Å². The summed E-state index contributed by atoms with van der Waals surface area (Å²) in [6, 6.07) is 6.34. The summed E-state index contributed by atoms with van der Waals surface area (Å²) in [6.07, 6.45) is 10.1. The van der Waals surface area contributed by atoms with E-state index in [0.717, 1.165) is 35.7 Å². The van der Waals surface area contributed by atoms with Crippen molar-refractivity contribution >= 4 is 21.9 Å². The number of rotatable bonds is 3. The highest BCUT2D eigenvalue weighted by Crippen LogP contribution is 2.44. The van der Waals surface area contributed by atoms with E-state index in [1.54, 1.807) is 0 Å². The Balaban J connectivity index is 1.91. The number of hydrogen-bond donors (Lipinski definition) is 1. The highest BCUT2D eigenvalue weighted by Gasteiger charge is 2.43. The number of carboxylic acids is 1. The van der Waals surface area contributed by atoms with E-state index in [-0.39, 0.29) is 0 Å². The van der Waals surface area contributed by atoms with Gasteiger partial charge in [-0.25, -0.2) is 0 Å². The van der Waals surface area contributed by atoms with Crippen LogP contribution in [0, 0.1) is 0 Å². The molecule has 2 fully saturated rings. The zero-order valence-corrected chi connectivity index (χ0v) is 14.0. The summed E-state index contributed by atoms with van der Waals surface area (Å²) < 4.78 is 1.11. The molecular weight excluding hydrogens is 328 g/mol. The van der Waals surface area contributed by atoms with Crippen LogP contribution in [0.25, 0.3) is 0 Å². The predicted molar refractivity (Wildman–Crippen MR) is 87.7 cm³/mol. The minimum Gasteiger partial charge on any atom is -0.481 e. The van der Waals surface area contributed by atoms with Crippen molar-refractivity contribution < 1.29 is 9.90 Å². The SMILES string of the molecule is O=C(O)C1(c2ccc(C3CCCCC3)c(Br)c2)CCCC1. The largest absolute Gasteiger partial charge is 0.481 e. The second kappa shape index (κ2) is 6.12. The van der Waals surface area contributed by atoms with Crippen molar-refractivity contribution in [3.8, 4) is 0 Å². The van der Waals surface area contributed by atoms with Crippen LogP contribution in [0.1, 0.15) is 74.8 Å². The number of benzene rings is 1. The molecule has 0 spiro atoms. The average Bonchev–Trinajstić information content (AvgIpc) is 2.99. The van der Waals surface area contributed by atoms with Crippen LogP contribution in [0.4, 0.5) is 0 Å². The highest BCUT2D eigenvalue weighted by atomic mass is 79.9. The summed E-state index contributed by atoms with van der Waals surface area (Å²) in [5, 5.41) is 9.71. The van der Waals surface area contributed by atoms with Crippen molar-refractivity contribution in [2.75, 3.05) is 0 Å². The molecular formula is C18H23BrO2. The molecule has 0 aromatic heterocycles. The lowest BCUT2D eigenvalue weighted by molar-refractivity contribution is -0.143. The van der Waals surface area contributed by atoms with Gasteiger partial charge in [-0.3, -0.25) is 4.79 Å². The lowest BCUT2D eigenvalue weighted by atomic mass is 9.77. The van der Waals surface area contributed by atoms with Gasteiger partial charge in [-0.2, -0.15) is 0 Å². The second-order valence-corrected chi connectivity index (χ2v) is 7.52. The first-order valence-corrected chi connectivity index (χ1v) is 8.96. The fourth-order valence-corrected chi connectivity index (χ4v) is 4.88. The molecule has 3 rings (SSSR count). The molecule has 0 amide bonds. The maximum absolute atomic E-state index is 11.8. The van der Waals surface area contributed by atoms with Gasteiger partial charge in [-0.05, 0) is 48.8 Å². The van der Waals surface area contributed by atoms with E-state index in [0.29, 0.717) is 5.92 Å². The smallest absolute Gasteiger partial charge is 0.314 e. The van der Waals surface area contributed by atoms with E-state index in [1.165, 1.54) is 37.7 Å². The Morgan fingerprint density at radius 3 is 2.33 bits per heavy atom. The van der Waals surface area contributed by atoms with Gasteiger partial charge in [0.25, 0.3) is 0 Å². The summed E-state index contributed by atoms with van der Waals surface area (Å²) in [7, 11) is 0. The fraction of sp³-hybridized carbons (Fsp3) is 0.611. The molecule has 21 heavy (non-hydrogen) atoms. The van der Waals surface area contributed by atoms with Crippen LogP contribution in [0.5, 0.6) is 0 Å². The second-order valence-electron chi connectivity index (χ2n) is 6.67. The summed E-state index contributed by atoms with van der Waals surface area (Å²) >= 11 is 3.71. The van der Waals surface area contributed by atoms with Gasteiger partial charge in [0.1, 0.15) is 0 Å². The average molecular weight is 351 g/mol. The summed E-state index contributed by atoms with van der Waals surface area (Å²) in [4.78, 5) is 11.8. The third-order valence-corrected chi connectivity index (χ3v) is 6.15. The van der Waals surface area contributed by atoms with Crippen LogP contribution in [-0.4, -0.2) is 11.1 Å². The van der Waals surface area contributed by atoms with Crippen LogP contribution < -0.4 is 0 Å². The first kappa shape index (κ1) is 15.1. The Kier molecular flexibility index (Phi) is 4.39. The molecule has 1 aromatic carbocycles. The molecule has 0 aliphatic heterocycles. The van der Waals surface area contributed by atoms with Crippen molar-refractivity contribution in [3.63, 3.8) is 0 Å². The maximum Gasteiger partial charge on any atom is 0.314 e. The van der Waals surface area contributed by atoms with Gasteiger partial charge in [0.15, 0.2) is 0 Å². The zero-order chi connectivity index (χ0) is 14.9. The Hall–Kier alpha value is -0.830. The van der Waals surface area contributed by atoms with E-state index in [2.05, 4.69) is 34.1 Å². The van der Waals surface area contributed by atoms with Crippen molar-refractivity contribution in [2.24, 2.45) is 0 Å². The standard InChI is InChI=1S/C18H23BrO2/c19-16-12-14(18(17(20)21)10-4-5-11-18)8-9-15(16)13-6-2-1-3-7-13/h8-9,12-13H,1-7,10-11H2,(H,20,21). The van der Waals surface area contributed by atoms with E-state index < -0.39 is 11.4 Å². The quantitative estimate of drug-likeness (QED) is 0.792. The highest BCUT2D eigenvalue weighted by molar-refractivity contribution is 9.10. The molecule has 1 N–H and O–H groups in total. The third kappa shape index (κ3) is 2.77. The van der Waals surface area contributed by atoms with Gasteiger partial charge in [-0.15, -0.1) is 0 Å². The minimum absolute atomic E-state index is 0.645. The maximum atomic E-state index is 11.8. The van der Waals surface area contributed by atoms with Crippen LogP contribution in [-0.2, 0) is 10.2 Å². The molecule has 2 aliphatic rings. The third-order valence-electron chi connectivity index (χ3n) is 5.46. The molecule has 2 nitrogen and oxygen atoms in total. The Labute approximate surface area is 135 Å². The molecule has 0 unspecified atom stereocenters. The van der Waals surface area contributed by atoms with E-state index in [9.17, 15) is 9.90 Å². The number of carbonyl (C=O) groups is 1. The lowest BCUT2D eigenvalue weighted by Gasteiger charge is -2.27. The van der Waals surface area contributed by atoms with Crippen LogP contribution in [0.15, 0.2) is 22.7 Å². The van der Waals surface area contributed by atoms with Crippen molar-refractivity contribution in [1.29, 1.82) is 0 Å². The first-order valence-electron chi connectivity index (χ1n) is 8.17. The van der Waals surface area contributed by atoms with Gasteiger partial charge in [0.2, 0.25) is 0 Å². The van der Waals surface area contributed by atoms with Crippen LogP contribution in [0.3, 0.4) is 0 Å². The molecule has 0 heterocycles. The van der Waals surface area contributed by atoms with Gasteiger partial charge >= 0.3 is 5.97 Å². The van der Waals surface area contributed by atoms with Gasteiger partial charge in [0.05, 0.1) is 5.41 Å². The molecule has 2 aliphatic carbocycles. The number of aliphatic carboxylic acids is 1. The zero-order valence-electron chi connectivity index (χ0n) is 12.4. The van der Waals surface area contributed by atoms with Crippen LogP contribution >= 0.6 is 15.9 Å². The van der Waals surface area contributed by atoms with Crippen molar-refractivity contribution in [3.05, 3.63) is 33.8 Å². The van der Waals surface area contributed by atoms with Crippen molar-refractivity contribution in [1.82, 2.24) is 0 Å². The Bertz CT molecular complexity index is 526. The fourth-order valence-electron chi connectivity index (χ4n) is 4.17. The summed E-state index contributed by atoms with van der Waals surface area (Å²) in [5.74, 6) is -0.0103. The van der Waals surface area contributed by atoms with E-state index in [4.69, 9.17) is 0 Å². The van der Waals surface area contributed by atoms with Crippen LogP contribution in [0.2, 0.25) is 0 Å². The summed E-state index contributed by atoms with van der Waals surface area (Å²) in [6.45, 7) is 0. The Morgan fingerprint density at radius 2 is 1.76 bits per heavy atom. The summed E-state index contributed by atoms with van der Waals surface area (Å²) in [5.41, 5.74) is 1.71.